The minimum Gasteiger partial charge on any atom is -0.338 e. The Hall–Kier alpha value is -1.71. The summed E-state index contributed by atoms with van der Waals surface area (Å²) in [5, 5.41) is 0. The van der Waals surface area contributed by atoms with Crippen molar-refractivity contribution < 1.29 is 14.0 Å². The second kappa shape index (κ2) is 6.13. The molecule has 0 aliphatic carbocycles. The Morgan fingerprint density at radius 2 is 2.06 bits per heavy atom. The van der Waals surface area contributed by atoms with Crippen molar-refractivity contribution in [3.63, 3.8) is 0 Å². The SMILES string of the molecule is CCN(Cc1cccc(F)c1)C(=O)CC(C)=O. The van der Waals surface area contributed by atoms with Crippen LogP contribution in [0, 0.1) is 5.82 Å². The Bertz CT molecular complexity index is 418. The number of Topliss-reactive ketones (excluding diaryl/α,β-unsaturated/α-hetero) is 1. The van der Waals surface area contributed by atoms with Crippen LogP contribution in [0.25, 0.3) is 0 Å². The largest absolute Gasteiger partial charge is 0.338 e. The normalized spacial score (nSPS) is 10.1. The zero-order valence-corrected chi connectivity index (χ0v) is 10.1. The molecule has 1 rings (SSSR count). The third kappa shape index (κ3) is 4.34. The van der Waals surface area contributed by atoms with Gasteiger partial charge in [0.05, 0.1) is 6.42 Å². The topological polar surface area (TPSA) is 37.4 Å². The molecule has 0 bridgehead atoms. The number of nitrogens with zero attached hydrogens (tertiary/aromatic N) is 1. The monoisotopic (exact) mass is 237 g/mol. The first-order valence-electron chi connectivity index (χ1n) is 5.54. The van der Waals surface area contributed by atoms with Gasteiger partial charge < -0.3 is 4.90 Å². The molecule has 3 nitrogen and oxygen atoms in total. The fourth-order valence-electron chi connectivity index (χ4n) is 1.56. The van der Waals surface area contributed by atoms with Gasteiger partial charge in [-0.25, -0.2) is 4.39 Å². The lowest BCUT2D eigenvalue weighted by atomic mass is 10.2. The van der Waals surface area contributed by atoms with Crippen molar-refractivity contribution in [3.8, 4) is 0 Å². The molecule has 0 aliphatic heterocycles. The highest BCUT2D eigenvalue weighted by Crippen LogP contribution is 2.08. The lowest BCUT2D eigenvalue weighted by Gasteiger charge is -2.20. The fourth-order valence-corrected chi connectivity index (χ4v) is 1.56. The molecule has 17 heavy (non-hydrogen) atoms. The lowest BCUT2D eigenvalue weighted by molar-refractivity contribution is -0.135. The van der Waals surface area contributed by atoms with E-state index < -0.39 is 0 Å². The van der Waals surface area contributed by atoms with E-state index in [4.69, 9.17) is 0 Å². The molecule has 4 heteroatoms. The molecular formula is C13H16FNO2. The van der Waals surface area contributed by atoms with Gasteiger partial charge in [0.1, 0.15) is 11.6 Å². The molecule has 0 fully saturated rings. The maximum Gasteiger partial charge on any atom is 0.230 e. The quantitative estimate of drug-likeness (QED) is 0.736. The van der Waals surface area contributed by atoms with Crippen LogP contribution in [0.15, 0.2) is 24.3 Å². The third-order valence-electron chi connectivity index (χ3n) is 2.40. The number of halogens is 1. The van der Waals surface area contributed by atoms with Crippen molar-refractivity contribution in [1.29, 1.82) is 0 Å². The summed E-state index contributed by atoms with van der Waals surface area (Å²) in [5.41, 5.74) is 0.726. The average molecular weight is 237 g/mol. The number of carbonyl (C=O) groups excluding carboxylic acids is 2. The predicted molar refractivity (Wildman–Crippen MR) is 62.8 cm³/mol. The summed E-state index contributed by atoms with van der Waals surface area (Å²) < 4.78 is 13.0. The summed E-state index contributed by atoms with van der Waals surface area (Å²) in [6.07, 6.45) is -0.0941. The van der Waals surface area contributed by atoms with E-state index in [-0.39, 0.29) is 23.9 Å². The van der Waals surface area contributed by atoms with Crippen molar-refractivity contribution in [2.24, 2.45) is 0 Å². The molecule has 1 aromatic rings. The number of hydrogen-bond acceptors (Lipinski definition) is 2. The summed E-state index contributed by atoms with van der Waals surface area (Å²) >= 11 is 0. The standard InChI is InChI=1S/C13H16FNO2/c1-3-15(13(17)7-10(2)16)9-11-5-4-6-12(14)8-11/h4-6,8H,3,7,9H2,1-2H3. The van der Waals surface area contributed by atoms with E-state index >= 15 is 0 Å². The van der Waals surface area contributed by atoms with Crippen molar-refractivity contribution in [2.75, 3.05) is 6.54 Å². The molecule has 0 unspecified atom stereocenters. The van der Waals surface area contributed by atoms with Crippen LogP contribution in [-0.2, 0) is 16.1 Å². The molecule has 1 amide bonds. The molecule has 92 valence electrons. The predicted octanol–water partition coefficient (Wildman–Crippen LogP) is 2.15. The number of hydrogen-bond donors (Lipinski definition) is 0. The van der Waals surface area contributed by atoms with Crippen molar-refractivity contribution in [1.82, 2.24) is 4.90 Å². The highest BCUT2D eigenvalue weighted by atomic mass is 19.1. The zero-order valence-electron chi connectivity index (χ0n) is 10.1. The molecule has 0 aliphatic rings. The number of ketones is 1. The van der Waals surface area contributed by atoms with E-state index in [0.717, 1.165) is 5.56 Å². The molecule has 0 spiro atoms. The maximum atomic E-state index is 13.0. The first-order chi connectivity index (χ1) is 8.02. The average Bonchev–Trinajstić information content (AvgIpc) is 2.24. The Morgan fingerprint density at radius 1 is 1.35 bits per heavy atom. The minimum absolute atomic E-state index is 0.0941. The smallest absolute Gasteiger partial charge is 0.230 e. The Labute approximate surface area is 100 Å². The summed E-state index contributed by atoms with van der Waals surface area (Å²) in [5.74, 6) is -0.700. The van der Waals surface area contributed by atoms with Gasteiger partial charge in [-0.3, -0.25) is 9.59 Å². The molecule has 0 aromatic heterocycles. The summed E-state index contributed by atoms with van der Waals surface area (Å²) in [6, 6.07) is 6.11. The van der Waals surface area contributed by atoms with Crippen LogP contribution in [0.5, 0.6) is 0 Å². The van der Waals surface area contributed by atoms with E-state index in [2.05, 4.69) is 0 Å². The molecule has 0 heterocycles. The molecule has 0 atom stereocenters. The van der Waals surface area contributed by atoms with Gasteiger partial charge in [-0.2, -0.15) is 0 Å². The molecule has 0 saturated carbocycles. The van der Waals surface area contributed by atoms with Gasteiger partial charge in [-0.15, -0.1) is 0 Å². The number of rotatable bonds is 5. The zero-order chi connectivity index (χ0) is 12.8. The Kier molecular flexibility index (Phi) is 4.82. The van der Waals surface area contributed by atoms with E-state index in [1.807, 2.05) is 6.92 Å². The second-order valence-electron chi connectivity index (χ2n) is 3.92. The van der Waals surface area contributed by atoms with Gasteiger partial charge in [-0.05, 0) is 31.5 Å². The van der Waals surface area contributed by atoms with Gasteiger partial charge in [0.15, 0.2) is 0 Å². The van der Waals surface area contributed by atoms with Gasteiger partial charge in [-0.1, -0.05) is 12.1 Å². The van der Waals surface area contributed by atoms with E-state index in [1.54, 1.807) is 12.1 Å². The minimum atomic E-state index is -0.322. The first-order valence-corrected chi connectivity index (χ1v) is 5.54. The number of carbonyl (C=O) groups is 2. The third-order valence-corrected chi connectivity index (χ3v) is 2.40. The highest BCUT2D eigenvalue weighted by molar-refractivity contribution is 5.96. The van der Waals surface area contributed by atoms with Gasteiger partial charge in [0, 0.05) is 13.1 Å². The van der Waals surface area contributed by atoms with Crippen LogP contribution in [0.3, 0.4) is 0 Å². The van der Waals surface area contributed by atoms with E-state index in [1.165, 1.54) is 24.0 Å². The summed E-state index contributed by atoms with van der Waals surface area (Å²) in [7, 11) is 0. The lowest BCUT2D eigenvalue weighted by Crippen LogP contribution is -2.31. The van der Waals surface area contributed by atoms with Gasteiger partial charge in [0.25, 0.3) is 0 Å². The van der Waals surface area contributed by atoms with Crippen LogP contribution in [0.2, 0.25) is 0 Å². The Balaban J connectivity index is 2.69. The molecule has 0 radical (unpaired) electrons. The molecule has 0 N–H and O–H groups in total. The Morgan fingerprint density at radius 3 is 2.59 bits per heavy atom. The summed E-state index contributed by atoms with van der Waals surface area (Å²) in [6.45, 7) is 4.05. The van der Waals surface area contributed by atoms with Crippen molar-refractivity contribution in [2.45, 2.75) is 26.8 Å². The van der Waals surface area contributed by atoms with Gasteiger partial charge in [0.2, 0.25) is 5.91 Å². The van der Waals surface area contributed by atoms with Crippen molar-refractivity contribution >= 4 is 11.7 Å². The maximum absolute atomic E-state index is 13.0. The summed E-state index contributed by atoms with van der Waals surface area (Å²) in [4.78, 5) is 24.1. The number of benzene rings is 1. The van der Waals surface area contributed by atoms with E-state index in [0.29, 0.717) is 13.1 Å². The number of amides is 1. The van der Waals surface area contributed by atoms with Crippen LogP contribution < -0.4 is 0 Å². The fraction of sp³-hybridized carbons (Fsp3) is 0.385. The van der Waals surface area contributed by atoms with Gasteiger partial charge >= 0.3 is 0 Å². The molecule has 1 aromatic carbocycles. The molecular weight excluding hydrogens is 221 g/mol. The first kappa shape index (κ1) is 13.4. The highest BCUT2D eigenvalue weighted by Gasteiger charge is 2.14. The molecule has 0 saturated heterocycles. The van der Waals surface area contributed by atoms with Crippen molar-refractivity contribution in [3.05, 3.63) is 35.6 Å². The van der Waals surface area contributed by atoms with E-state index in [9.17, 15) is 14.0 Å². The van der Waals surface area contributed by atoms with Crippen LogP contribution in [0.1, 0.15) is 25.8 Å². The van der Waals surface area contributed by atoms with Crippen LogP contribution >= 0.6 is 0 Å². The van der Waals surface area contributed by atoms with Crippen LogP contribution in [0.4, 0.5) is 4.39 Å². The second-order valence-corrected chi connectivity index (χ2v) is 3.92. The van der Waals surface area contributed by atoms with Crippen LogP contribution in [-0.4, -0.2) is 23.1 Å².